The maximum atomic E-state index is 13.2. The summed E-state index contributed by atoms with van der Waals surface area (Å²) >= 11 is 0. The van der Waals surface area contributed by atoms with Crippen LogP contribution in [0.25, 0.3) is 22.3 Å². The highest BCUT2D eigenvalue weighted by Crippen LogP contribution is 2.53. The van der Waals surface area contributed by atoms with Crippen molar-refractivity contribution in [2.75, 3.05) is 24.7 Å². The van der Waals surface area contributed by atoms with Crippen LogP contribution < -0.4 is 22.6 Å². The van der Waals surface area contributed by atoms with Crippen molar-refractivity contribution in [3.63, 3.8) is 0 Å². The maximum absolute atomic E-state index is 13.2. The van der Waals surface area contributed by atoms with Crippen LogP contribution >= 0.6 is 15.6 Å². The van der Waals surface area contributed by atoms with Gasteiger partial charge in [0.2, 0.25) is 11.9 Å². The highest BCUT2D eigenvalue weighted by molar-refractivity contribution is 7.47. The number of imidazole rings is 2. The average molecular weight is 748 g/mol. The number of aliphatic hydroxyl groups excluding tert-OH is 2. The zero-order valence-corrected chi connectivity index (χ0v) is 26.6. The summed E-state index contributed by atoms with van der Waals surface area (Å²) in [4.78, 5) is 78.0. The Morgan fingerprint density at radius 3 is 1.96 bits per heavy atom. The van der Waals surface area contributed by atoms with E-state index in [2.05, 4.69) is 29.9 Å². The van der Waals surface area contributed by atoms with Crippen LogP contribution in [0.15, 0.2) is 15.9 Å². The standard InChI is InChI=1S/C22H26N10O16P2/c23-21-27-15-9(17(37)29-21)25-4-31(15)19-11(35)13-5(45-19)2-43-50(41,42)48-14-6(3-44-49(39,40)47-13)46-20(12(14)36)32-7(1-8(33)34)26-10-16(32)28-22(24)30-18(10)38/h4-6,11-14,19-20,35-36H,1-3H2,(H,33,34)(H,39,40)(H,41,42)(H3,23,27,29,37)(H3,24,28,30,38)/t5-,6+,11?,12?,13-,14-,19+,20+/m0/s1. The van der Waals surface area contributed by atoms with E-state index in [1.807, 2.05) is 0 Å². The number of nitrogens with zero attached hydrogens (tertiary/aromatic N) is 6. The van der Waals surface area contributed by atoms with E-state index >= 15 is 0 Å². The van der Waals surface area contributed by atoms with Crippen LogP contribution in [0, 0.1) is 0 Å². The van der Waals surface area contributed by atoms with Gasteiger partial charge in [0.1, 0.15) is 48.9 Å². The Morgan fingerprint density at radius 1 is 0.860 bits per heavy atom. The second-order valence-corrected chi connectivity index (χ2v) is 14.0. The first kappa shape index (κ1) is 34.3. The number of nitrogens with two attached hydrogens (primary N) is 2. The first-order valence-electron chi connectivity index (χ1n) is 14.2. The Labute approximate surface area is 274 Å². The third-order valence-electron chi connectivity index (χ3n) is 7.86. The normalized spacial score (nSPS) is 35.0. The summed E-state index contributed by atoms with van der Waals surface area (Å²) in [5.41, 5.74) is 8.62. The molecule has 0 aromatic carbocycles. The van der Waals surface area contributed by atoms with E-state index in [4.69, 9.17) is 39.0 Å². The molecule has 0 saturated carbocycles. The van der Waals surface area contributed by atoms with E-state index in [1.54, 1.807) is 0 Å². The minimum atomic E-state index is -5.23. The number of anilines is 2. The van der Waals surface area contributed by atoms with Crippen LogP contribution in [-0.4, -0.2) is 120 Å². The van der Waals surface area contributed by atoms with Crippen molar-refractivity contribution in [3.05, 3.63) is 32.9 Å². The summed E-state index contributed by atoms with van der Waals surface area (Å²) in [7, 11) is -10.4. The molecule has 3 saturated heterocycles. The van der Waals surface area contributed by atoms with Gasteiger partial charge < -0.3 is 46.0 Å². The SMILES string of the molecule is Nc1nc2c(ncn2[C@@H]2O[C@H]3COP(=O)(O)O[C@@H]4C(O)[C@H](n5c(CC(=O)O)nc6c(=O)[nH]c(N)nc65)O[C@@H]4COP(=O)(O)O[C@@H]3C2O)c(=O)[nH]1. The summed E-state index contributed by atoms with van der Waals surface area (Å²) in [5, 5.41) is 31.9. The van der Waals surface area contributed by atoms with E-state index in [0.717, 1.165) is 15.5 Å². The van der Waals surface area contributed by atoms with Crippen LogP contribution in [0.4, 0.5) is 11.9 Å². The van der Waals surface area contributed by atoms with Crippen molar-refractivity contribution in [1.29, 1.82) is 0 Å². The molecule has 3 fully saturated rings. The molecule has 26 nitrogen and oxygen atoms in total. The first-order valence-corrected chi connectivity index (χ1v) is 17.2. The van der Waals surface area contributed by atoms with E-state index in [1.165, 1.54) is 0 Å². The van der Waals surface area contributed by atoms with Crippen LogP contribution in [0.2, 0.25) is 0 Å². The Morgan fingerprint density at radius 2 is 1.38 bits per heavy atom. The molecule has 50 heavy (non-hydrogen) atoms. The van der Waals surface area contributed by atoms with E-state index in [-0.39, 0.29) is 28.6 Å². The molecular formula is C22H26N10O16P2. The van der Waals surface area contributed by atoms with Crippen molar-refractivity contribution >= 4 is 55.8 Å². The fourth-order valence-electron chi connectivity index (χ4n) is 5.82. The number of rotatable bonds is 4. The van der Waals surface area contributed by atoms with Crippen molar-refractivity contribution in [3.8, 4) is 0 Å². The molecule has 270 valence electrons. The molecule has 28 heteroatoms. The second kappa shape index (κ2) is 12.3. The fourth-order valence-corrected chi connectivity index (χ4v) is 7.75. The number of nitrogen functional groups attached to an aromatic ring is 2. The van der Waals surface area contributed by atoms with Crippen molar-refractivity contribution < 1.29 is 66.6 Å². The molecule has 4 aromatic heterocycles. The molecule has 11 N–H and O–H groups in total. The predicted octanol–water partition coefficient (Wildman–Crippen LogP) is -3.42. The number of carbonyl (C=O) groups is 1. The number of phosphoric acid groups is 2. The molecule has 0 amide bonds. The molecular weight excluding hydrogens is 722 g/mol. The minimum Gasteiger partial charge on any atom is -0.481 e. The molecule has 3 aliphatic heterocycles. The second-order valence-electron chi connectivity index (χ2n) is 11.1. The summed E-state index contributed by atoms with van der Waals surface area (Å²) in [5.74, 6) is -2.49. The number of carboxylic acids is 1. The van der Waals surface area contributed by atoms with Gasteiger partial charge in [0, 0.05) is 0 Å². The molecule has 4 aromatic rings. The number of phosphoric ester groups is 2. The van der Waals surface area contributed by atoms with Crippen LogP contribution in [0.3, 0.4) is 0 Å². The number of nitrogens with one attached hydrogen (secondary N) is 2. The molecule has 4 unspecified atom stereocenters. The largest absolute Gasteiger partial charge is 0.481 e. The third kappa shape index (κ3) is 6.10. The van der Waals surface area contributed by atoms with Gasteiger partial charge in [0.05, 0.1) is 19.5 Å². The first-order chi connectivity index (χ1) is 23.5. The molecule has 7 heterocycles. The fraction of sp³-hybridized carbons (Fsp3) is 0.500. The van der Waals surface area contributed by atoms with Gasteiger partial charge in [-0.25, -0.2) is 19.1 Å². The molecule has 3 aliphatic rings. The van der Waals surface area contributed by atoms with Gasteiger partial charge in [-0.1, -0.05) is 0 Å². The number of aromatic nitrogens is 8. The number of hydrogen-bond donors (Lipinski definition) is 9. The lowest BCUT2D eigenvalue weighted by atomic mass is 10.1. The van der Waals surface area contributed by atoms with Gasteiger partial charge in [-0.05, 0) is 0 Å². The number of ether oxygens (including phenoxy) is 2. The van der Waals surface area contributed by atoms with Gasteiger partial charge in [-0.3, -0.25) is 51.6 Å². The Hall–Kier alpha value is -4.17. The lowest BCUT2D eigenvalue weighted by molar-refractivity contribution is -0.136. The van der Waals surface area contributed by atoms with E-state index < -0.39 is 113 Å². The summed E-state index contributed by atoms with van der Waals surface area (Å²) in [6.07, 6.45) is -13.8. The Balaban J connectivity index is 1.20. The topological polar surface area (TPSA) is 387 Å². The van der Waals surface area contributed by atoms with Gasteiger partial charge >= 0.3 is 21.6 Å². The zero-order valence-electron chi connectivity index (χ0n) is 24.8. The molecule has 7 rings (SSSR count). The van der Waals surface area contributed by atoms with Crippen LogP contribution in [0.5, 0.6) is 0 Å². The smallest absolute Gasteiger partial charge is 0.472 e. The monoisotopic (exact) mass is 748 g/mol. The number of aromatic amines is 2. The van der Waals surface area contributed by atoms with Crippen LogP contribution in [0.1, 0.15) is 18.3 Å². The van der Waals surface area contributed by atoms with Crippen molar-refractivity contribution in [2.24, 2.45) is 0 Å². The van der Waals surface area contributed by atoms with Gasteiger partial charge in [0.15, 0.2) is 34.8 Å². The lowest BCUT2D eigenvalue weighted by Crippen LogP contribution is -2.39. The Kier molecular flexibility index (Phi) is 8.40. The molecule has 10 atom stereocenters. The highest BCUT2D eigenvalue weighted by Gasteiger charge is 2.54. The Bertz CT molecular complexity index is 2220. The summed E-state index contributed by atoms with van der Waals surface area (Å²) < 4.78 is 60.6. The molecule has 0 radical (unpaired) electrons. The molecule has 0 bridgehead atoms. The van der Waals surface area contributed by atoms with E-state index in [9.17, 15) is 48.6 Å². The zero-order chi connectivity index (χ0) is 35.9. The average Bonchev–Trinajstić information content (AvgIpc) is 3.74. The quantitative estimate of drug-likeness (QED) is 0.0917. The van der Waals surface area contributed by atoms with E-state index in [0.29, 0.717) is 0 Å². The van der Waals surface area contributed by atoms with Gasteiger partial charge in [0.25, 0.3) is 11.1 Å². The predicted molar refractivity (Wildman–Crippen MR) is 158 cm³/mol. The number of H-pyrrole nitrogens is 2. The van der Waals surface area contributed by atoms with Crippen molar-refractivity contribution in [2.45, 2.75) is 55.5 Å². The van der Waals surface area contributed by atoms with Crippen LogP contribution in [-0.2, 0) is 47.9 Å². The summed E-state index contributed by atoms with van der Waals surface area (Å²) in [6, 6.07) is 0. The molecule has 0 aliphatic carbocycles. The number of aliphatic carboxylic acids is 1. The van der Waals surface area contributed by atoms with Gasteiger partial charge in [-0.2, -0.15) is 9.97 Å². The summed E-state index contributed by atoms with van der Waals surface area (Å²) in [6.45, 7) is -1.92. The minimum absolute atomic E-state index is 0.152. The maximum Gasteiger partial charge on any atom is 0.472 e. The number of aliphatic hydroxyl groups is 2. The number of hydrogen-bond acceptors (Lipinski definition) is 19. The number of carboxylic acid groups (broad SMARTS) is 1. The lowest BCUT2D eigenvalue weighted by Gasteiger charge is -2.27. The highest BCUT2D eigenvalue weighted by atomic mass is 31.2. The third-order valence-corrected chi connectivity index (χ3v) is 9.83. The number of fused-ring (bicyclic) bond motifs is 4. The van der Waals surface area contributed by atoms with Gasteiger partial charge in [-0.15, -0.1) is 0 Å². The van der Waals surface area contributed by atoms with Crippen molar-refractivity contribution in [1.82, 2.24) is 39.0 Å². The molecule has 0 spiro atoms.